The molecule has 1 aliphatic rings. The number of terminal acetylenes is 1. The molecule has 1 aliphatic carbocycles. The Morgan fingerprint density at radius 1 is 1.13 bits per heavy atom. The maximum atomic E-state index is 13.5. The third-order valence-electron chi connectivity index (χ3n) is 3.99. The molecule has 1 nitrogen and oxygen atoms in total. The molecular weight excluding hydrogens is 307 g/mol. The molecule has 23 heavy (non-hydrogen) atoms. The molecule has 0 bridgehead atoms. The highest BCUT2D eigenvalue weighted by molar-refractivity contribution is 7.84. The molecule has 0 fully saturated rings. The molecule has 0 N–H and O–H groups in total. The van der Waals surface area contributed by atoms with Crippen molar-refractivity contribution < 1.29 is 8.60 Å². The first-order chi connectivity index (χ1) is 11.0. The third-order valence-corrected chi connectivity index (χ3v) is 4.92. The van der Waals surface area contributed by atoms with Crippen LogP contribution in [0, 0.1) is 18.2 Å². The Bertz CT molecular complexity index is 912. The van der Waals surface area contributed by atoms with Gasteiger partial charge in [-0.1, -0.05) is 24.1 Å². The molecule has 1 atom stereocenters. The van der Waals surface area contributed by atoms with Crippen molar-refractivity contribution in [3.8, 4) is 12.3 Å². The summed E-state index contributed by atoms with van der Waals surface area (Å²) in [5.41, 5.74) is 5.40. The standard InChI is InChI=1S/C20H15FOS/c1-4-17-13(2)19(18-10-7-15(21)12-20(17)18)11-14-5-8-16(9-6-14)23(3)22/h1,5-12H,2-3H3. The zero-order chi connectivity index (χ0) is 16.6. The molecule has 0 aromatic heterocycles. The van der Waals surface area contributed by atoms with E-state index in [4.69, 9.17) is 6.42 Å². The van der Waals surface area contributed by atoms with Crippen LogP contribution in [0.3, 0.4) is 0 Å². The van der Waals surface area contributed by atoms with E-state index in [0.717, 1.165) is 38.3 Å². The van der Waals surface area contributed by atoms with E-state index >= 15 is 0 Å². The summed E-state index contributed by atoms with van der Waals surface area (Å²) in [4.78, 5) is 0.789. The maximum absolute atomic E-state index is 13.5. The Hall–Kier alpha value is -2.44. The summed E-state index contributed by atoms with van der Waals surface area (Å²) in [6.07, 6.45) is 9.29. The van der Waals surface area contributed by atoms with Crippen molar-refractivity contribution in [2.45, 2.75) is 11.8 Å². The highest BCUT2D eigenvalue weighted by atomic mass is 32.2. The van der Waals surface area contributed by atoms with Crippen molar-refractivity contribution in [3.63, 3.8) is 0 Å². The van der Waals surface area contributed by atoms with Gasteiger partial charge in [-0.25, -0.2) is 4.39 Å². The molecule has 3 rings (SSSR count). The van der Waals surface area contributed by atoms with Gasteiger partial charge in [-0.15, -0.1) is 6.42 Å². The Labute approximate surface area is 138 Å². The topological polar surface area (TPSA) is 17.1 Å². The molecule has 0 radical (unpaired) electrons. The summed E-state index contributed by atoms with van der Waals surface area (Å²) in [7, 11) is -0.992. The molecular formula is C20H15FOS. The molecule has 0 spiro atoms. The van der Waals surface area contributed by atoms with E-state index in [2.05, 4.69) is 5.92 Å². The molecule has 1 unspecified atom stereocenters. The quantitative estimate of drug-likeness (QED) is 0.743. The first kappa shape index (κ1) is 15.5. The number of allylic oxidation sites excluding steroid dienone is 3. The molecule has 0 heterocycles. The zero-order valence-corrected chi connectivity index (χ0v) is 13.7. The van der Waals surface area contributed by atoms with Crippen LogP contribution in [-0.2, 0) is 10.8 Å². The lowest BCUT2D eigenvalue weighted by molar-refractivity contribution is 0.627. The average molecular weight is 322 g/mol. The van der Waals surface area contributed by atoms with Crippen LogP contribution in [0.4, 0.5) is 4.39 Å². The van der Waals surface area contributed by atoms with Gasteiger partial charge in [-0.05, 0) is 59.5 Å². The summed E-state index contributed by atoms with van der Waals surface area (Å²) in [5, 5.41) is 0. The molecule has 2 aromatic rings. The lowest BCUT2D eigenvalue weighted by atomic mass is 10.0. The Morgan fingerprint density at radius 3 is 2.43 bits per heavy atom. The zero-order valence-electron chi connectivity index (χ0n) is 12.9. The van der Waals surface area contributed by atoms with Gasteiger partial charge in [0.05, 0.1) is 0 Å². The van der Waals surface area contributed by atoms with Gasteiger partial charge in [0.15, 0.2) is 0 Å². The predicted octanol–water partition coefficient (Wildman–Crippen LogP) is 4.52. The maximum Gasteiger partial charge on any atom is 0.123 e. The van der Waals surface area contributed by atoms with Gasteiger partial charge in [0.1, 0.15) is 5.82 Å². The average Bonchev–Trinajstić information content (AvgIpc) is 2.79. The van der Waals surface area contributed by atoms with Gasteiger partial charge in [0.2, 0.25) is 0 Å². The molecule has 114 valence electrons. The highest BCUT2D eigenvalue weighted by Crippen LogP contribution is 2.41. The second-order valence-corrected chi connectivity index (χ2v) is 6.80. The number of rotatable bonds is 2. The van der Waals surface area contributed by atoms with E-state index in [0.29, 0.717) is 0 Å². The lowest BCUT2D eigenvalue weighted by Gasteiger charge is -2.05. The normalized spacial score (nSPS) is 16.3. The van der Waals surface area contributed by atoms with Gasteiger partial charge < -0.3 is 0 Å². The van der Waals surface area contributed by atoms with Crippen molar-refractivity contribution in [3.05, 3.63) is 70.5 Å². The van der Waals surface area contributed by atoms with Crippen molar-refractivity contribution in [2.75, 3.05) is 6.26 Å². The molecule has 3 heteroatoms. The fraction of sp³-hybridized carbons (Fsp3) is 0.100. The van der Waals surface area contributed by atoms with Crippen LogP contribution >= 0.6 is 0 Å². The van der Waals surface area contributed by atoms with E-state index in [1.165, 1.54) is 12.1 Å². The Morgan fingerprint density at radius 2 is 1.83 bits per heavy atom. The van der Waals surface area contributed by atoms with Crippen molar-refractivity contribution in [1.82, 2.24) is 0 Å². The summed E-state index contributed by atoms with van der Waals surface area (Å²) in [6.45, 7) is 1.95. The second-order valence-electron chi connectivity index (χ2n) is 5.42. The number of fused-ring (bicyclic) bond motifs is 1. The van der Waals surface area contributed by atoms with Gasteiger partial charge in [0.25, 0.3) is 0 Å². The van der Waals surface area contributed by atoms with Crippen LogP contribution in [0.15, 0.2) is 52.9 Å². The van der Waals surface area contributed by atoms with Crippen molar-refractivity contribution in [2.24, 2.45) is 0 Å². The van der Waals surface area contributed by atoms with Crippen molar-refractivity contribution in [1.29, 1.82) is 0 Å². The Kier molecular flexibility index (Phi) is 4.02. The summed E-state index contributed by atoms with van der Waals surface area (Å²) in [5.74, 6) is 2.38. The second kappa shape index (κ2) is 5.98. The highest BCUT2D eigenvalue weighted by Gasteiger charge is 2.22. The van der Waals surface area contributed by atoms with Gasteiger partial charge in [0, 0.05) is 33.1 Å². The smallest absolute Gasteiger partial charge is 0.123 e. The largest absolute Gasteiger partial charge is 0.255 e. The van der Waals surface area contributed by atoms with E-state index < -0.39 is 10.8 Å². The minimum absolute atomic E-state index is 0.291. The van der Waals surface area contributed by atoms with Gasteiger partial charge in [-0.3, -0.25) is 4.21 Å². The first-order valence-electron chi connectivity index (χ1n) is 7.14. The number of hydrogen-bond acceptors (Lipinski definition) is 1. The van der Waals surface area contributed by atoms with Crippen LogP contribution in [-0.4, -0.2) is 10.5 Å². The third kappa shape index (κ3) is 2.78. The van der Waals surface area contributed by atoms with Crippen molar-refractivity contribution >= 4 is 28.0 Å². The Balaban J connectivity index is 2.11. The van der Waals surface area contributed by atoms with Gasteiger partial charge in [-0.2, -0.15) is 0 Å². The molecule has 0 amide bonds. The van der Waals surface area contributed by atoms with E-state index in [1.54, 1.807) is 12.3 Å². The van der Waals surface area contributed by atoms with Crippen LogP contribution in [0.5, 0.6) is 0 Å². The van der Waals surface area contributed by atoms with Crippen LogP contribution in [0.1, 0.15) is 23.6 Å². The first-order valence-corrected chi connectivity index (χ1v) is 8.70. The van der Waals surface area contributed by atoms with Gasteiger partial charge >= 0.3 is 0 Å². The monoisotopic (exact) mass is 322 g/mol. The minimum atomic E-state index is -0.992. The molecule has 0 aliphatic heterocycles. The molecule has 0 saturated carbocycles. The van der Waals surface area contributed by atoms with E-state index in [1.807, 2.05) is 37.3 Å². The number of benzene rings is 2. The summed E-state index contributed by atoms with van der Waals surface area (Å²) in [6, 6.07) is 12.2. The summed E-state index contributed by atoms with van der Waals surface area (Å²) >= 11 is 0. The molecule has 2 aromatic carbocycles. The van der Waals surface area contributed by atoms with Crippen LogP contribution in [0.2, 0.25) is 0 Å². The summed E-state index contributed by atoms with van der Waals surface area (Å²) < 4.78 is 25.0. The fourth-order valence-corrected chi connectivity index (χ4v) is 3.31. The van der Waals surface area contributed by atoms with E-state index in [9.17, 15) is 8.60 Å². The SMILES string of the molecule is C#CC1=C(C)C(=Cc2ccc(S(C)=O)cc2)c2ccc(F)cc21. The number of hydrogen-bond donors (Lipinski definition) is 0. The number of halogens is 1. The minimum Gasteiger partial charge on any atom is -0.255 e. The van der Waals surface area contributed by atoms with Crippen LogP contribution < -0.4 is 0 Å². The molecule has 0 saturated heterocycles. The lowest BCUT2D eigenvalue weighted by Crippen LogP contribution is -1.88. The van der Waals surface area contributed by atoms with Crippen LogP contribution in [0.25, 0.3) is 17.2 Å². The van der Waals surface area contributed by atoms with E-state index in [-0.39, 0.29) is 5.82 Å². The predicted molar refractivity (Wildman–Crippen MR) is 94.5 cm³/mol. The fourth-order valence-electron chi connectivity index (χ4n) is 2.79.